The highest BCUT2D eigenvalue weighted by molar-refractivity contribution is 6.30. The molecule has 1 amide bonds. The van der Waals surface area contributed by atoms with E-state index in [2.05, 4.69) is 0 Å². The lowest BCUT2D eigenvalue weighted by molar-refractivity contribution is -0.143. The molecule has 0 aromatic heterocycles. The Balaban J connectivity index is 2.33. The van der Waals surface area contributed by atoms with Gasteiger partial charge in [0.1, 0.15) is 12.3 Å². The zero-order chi connectivity index (χ0) is 19.1. The number of rotatable bonds is 7. The number of carbonyl (C=O) groups excluding carboxylic acids is 2. The highest BCUT2D eigenvalue weighted by Gasteiger charge is 2.22. The summed E-state index contributed by atoms with van der Waals surface area (Å²) in [6.07, 6.45) is 0. The van der Waals surface area contributed by atoms with Crippen molar-refractivity contribution in [2.75, 3.05) is 26.0 Å². The van der Waals surface area contributed by atoms with E-state index in [1.165, 1.54) is 12.0 Å². The average Bonchev–Trinajstić information content (AvgIpc) is 2.62. The van der Waals surface area contributed by atoms with Gasteiger partial charge >= 0.3 is 5.97 Å². The number of halogens is 1. The molecular weight excluding hydrogens is 356 g/mol. The maximum atomic E-state index is 12.9. The van der Waals surface area contributed by atoms with E-state index in [4.69, 9.17) is 26.8 Å². The largest absolute Gasteiger partial charge is 0.496 e. The van der Waals surface area contributed by atoms with Crippen LogP contribution in [0.15, 0.2) is 42.5 Å². The van der Waals surface area contributed by atoms with E-state index in [9.17, 15) is 9.59 Å². The third-order valence-corrected chi connectivity index (χ3v) is 3.99. The minimum Gasteiger partial charge on any atom is -0.496 e. The summed E-state index contributed by atoms with van der Waals surface area (Å²) in [7, 11) is 1.52. The topological polar surface area (TPSA) is 81.9 Å². The van der Waals surface area contributed by atoms with Crippen LogP contribution < -0.4 is 10.5 Å². The van der Waals surface area contributed by atoms with Crippen molar-refractivity contribution in [1.82, 2.24) is 4.90 Å². The van der Waals surface area contributed by atoms with Gasteiger partial charge in [-0.05, 0) is 43.3 Å². The van der Waals surface area contributed by atoms with Gasteiger partial charge in [0.25, 0.3) is 5.91 Å². The van der Waals surface area contributed by atoms with Gasteiger partial charge in [-0.15, -0.1) is 0 Å². The molecule has 2 N–H and O–H groups in total. The number of esters is 1. The Morgan fingerprint density at radius 2 is 1.85 bits per heavy atom. The van der Waals surface area contributed by atoms with Crippen molar-refractivity contribution < 1.29 is 19.1 Å². The van der Waals surface area contributed by atoms with Crippen molar-refractivity contribution in [2.24, 2.45) is 0 Å². The van der Waals surface area contributed by atoms with Crippen molar-refractivity contribution in [3.8, 4) is 5.75 Å². The Labute approximate surface area is 157 Å². The molecule has 0 aliphatic rings. The number of ether oxygens (including phenoxy) is 2. The molecule has 0 heterocycles. The highest BCUT2D eigenvalue weighted by atomic mass is 35.5. The zero-order valence-corrected chi connectivity index (χ0v) is 15.5. The lowest BCUT2D eigenvalue weighted by Gasteiger charge is -2.24. The first-order valence-electron chi connectivity index (χ1n) is 8.08. The molecule has 0 atom stereocenters. The average molecular weight is 377 g/mol. The Morgan fingerprint density at radius 1 is 1.15 bits per heavy atom. The number of hydrogen-bond donors (Lipinski definition) is 1. The van der Waals surface area contributed by atoms with Gasteiger partial charge in [0.2, 0.25) is 0 Å². The van der Waals surface area contributed by atoms with E-state index in [1.807, 2.05) is 0 Å². The second-order valence-electron chi connectivity index (χ2n) is 5.50. The van der Waals surface area contributed by atoms with Crippen LogP contribution in [0.2, 0.25) is 5.02 Å². The predicted molar refractivity (Wildman–Crippen MR) is 100 cm³/mol. The molecule has 26 heavy (non-hydrogen) atoms. The van der Waals surface area contributed by atoms with Crippen LogP contribution in [0.3, 0.4) is 0 Å². The van der Waals surface area contributed by atoms with Gasteiger partial charge in [-0.25, -0.2) is 0 Å². The van der Waals surface area contributed by atoms with Crippen LogP contribution in [0, 0.1) is 0 Å². The number of amides is 1. The molecule has 0 radical (unpaired) electrons. The summed E-state index contributed by atoms with van der Waals surface area (Å²) in [4.78, 5) is 26.2. The molecule has 6 nitrogen and oxygen atoms in total. The molecule has 2 rings (SSSR count). The van der Waals surface area contributed by atoms with Crippen LogP contribution in [-0.4, -0.2) is 37.0 Å². The highest BCUT2D eigenvalue weighted by Crippen LogP contribution is 2.26. The molecule has 0 bridgehead atoms. The molecule has 0 fully saturated rings. The maximum Gasteiger partial charge on any atom is 0.325 e. The van der Waals surface area contributed by atoms with Crippen LogP contribution in [0.4, 0.5) is 5.69 Å². The Hall–Kier alpha value is -2.73. The molecule has 0 unspecified atom stereocenters. The Kier molecular flexibility index (Phi) is 6.86. The fourth-order valence-electron chi connectivity index (χ4n) is 2.47. The fraction of sp³-hybridized carbons (Fsp3) is 0.263. The van der Waals surface area contributed by atoms with Crippen LogP contribution in [0.5, 0.6) is 5.75 Å². The van der Waals surface area contributed by atoms with Gasteiger partial charge < -0.3 is 20.1 Å². The fourth-order valence-corrected chi connectivity index (χ4v) is 2.60. The normalized spacial score (nSPS) is 10.3. The molecule has 0 aliphatic heterocycles. The Bertz CT molecular complexity index is 778. The SMILES string of the molecule is CCOC(=O)CN(Cc1c(N)cccc1OC)C(=O)c1ccc(Cl)cc1. The van der Waals surface area contributed by atoms with E-state index in [-0.39, 0.29) is 25.6 Å². The number of nitrogens with zero attached hydrogens (tertiary/aromatic N) is 1. The number of carbonyl (C=O) groups is 2. The molecule has 0 saturated heterocycles. The number of methoxy groups -OCH3 is 1. The van der Waals surface area contributed by atoms with E-state index < -0.39 is 5.97 Å². The number of anilines is 1. The first-order chi connectivity index (χ1) is 12.5. The van der Waals surface area contributed by atoms with Gasteiger partial charge in [-0.1, -0.05) is 17.7 Å². The summed E-state index contributed by atoms with van der Waals surface area (Å²) in [6.45, 7) is 1.85. The summed E-state index contributed by atoms with van der Waals surface area (Å²) in [5, 5.41) is 0.521. The second kappa shape index (κ2) is 9.10. The number of nitrogen functional groups attached to an aromatic ring is 1. The second-order valence-corrected chi connectivity index (χ2v) is 5.94. The van der Waals surface area contributed by atoms with E-state index in [0.29, 0.717) is 27.6 Å². The van der Waals surface area contributed by atoms with Crippen molar-refractivity contribution >= 4 is 29.2 Å². The standard InChI is InChI=1S/C19H21ClN2O4/c1-3-26-18(23)12-22(19(24)13-7-9-14(20)10-8-13)11-15-16(21)5-4-6-17(15)25-2/h4-10H,3,11-12,21H2,1-2H3. The monoisotopic (exact) mass is 376 g/mol. The quantitative estimate of drug-likeness (QED) is 0.593. The predicted octanol–water partition coefficient (Wildman–Crippen LogP) is 3.14. The first-order valence-corrected chi connectivity index (χ1v) is 8.45. The molecule has 2 aromatic rings. The number of nitrogens with two attached hydrogens (primary N) is 1. The third-order valence-electron chi connectivity index (χ3n) is 3.74. The maximum absolute atomic E-state index is 12.9. The van der Waals surface area contributed by atoms with Crippen molar-refractivity contribution in [3.05, 3.63) is 58.6 Å². The molecule has 0 aliphatic carbocycles. The summed E-state index contributed by atoms with van der Waals surface area (Å²) in [5.41, 5.74) is 7.55. The van der Waals surface area contributed by atoms with Crippen molar-refractivity contribution in [2.45, 2.75) is 13.5 Å². The smallest absolute Gasteiger partial charge is 0.325 e. The minimum absolute atomic E-state index is 0.107. The summed E-state index contributed by atoms with van der Waals surface area (Å²) in [6, 6.07) is 11.7. The lowest BCUT2D eigenvalue weighted by Crippen LogP contribution is -2.36. The van der Waals surface area contributed by atoms with E-state index in [1.54, 1.807) is 49.4 Å². The number of hydrogen-bond acceptors (Lipinski definition) is 5. The van der Waals surface area contributed by atoms with Crippen molar-refractivity contribution in [3.63, 3.8) is 0 Å². The van der Waals surface area contributed by atoms with Gasteiger partial charge in [-0.2, -0.15) is 0 Å². The molecular formula is C19H21ClN2O4. The number of benzene rings is 2. The van der Waals surface area contributed by atoms with Crippen LogP contribution >= 0.6 is 11.6 Å². The molecule has 0 saturated carbocycles. The van der Waals surface area contributed by atoms with Crippen LogP contribution in [0.1, 0.15) is 22.8 Å². The van der Waals surface area contributed by atoms with Gasteiger partial charge in [0, 0.05) is 21.8 Å². The van der Waals surface area contributed by atoms with Crippen molar-refractivity contribution in [1.29, 1.82) is 0 Å². The molecule has 138 valence electrons. The third kappa shape index (κ3) is 4.89. The minimum atomic E-state index is -0.497. The molecule has 0 spiro atoms. The first kappa shape index (κ1) is 19.6. The Morgan fingerprint density at radius 3 is 2.46 bits per heavy atom. The summed E-state index contributed by atoms with van der Waals surface area (Å²) >= 11 is 5.88. The van der Waals surface area contributed by atoms with E-state index >= 15 is 0 Å². The molecule has 7 heteroatoms. The van der Waals surface area contributed by atoms with Crippen LogP contribution in [0.25, 0.3) is 0 Å². The van der Waals surface area contributed by atoms with Gasteiger partial charge in [0.15, 0.2) is 0 Å². The van der Waals surface area contributed by atoms with Gasteiger partial charge in [-0.3, -0.25) is 9.59 Å². The summed E-state index contributed by atoms with van der Waals surface area (Å²) in [5.74, 6) is -0.286. The lowest BCUT2D eigenvalue weighted by atomic mass is 10.1. The van der Waals surface area contributed by atoms with E-state index in [0.717, 1.165) is 0 Å². The van der Waals surface area contributed by atoms with Gasteiger partial charge in [0.05, 0.1) is 20.3 Å². The van der Waals surface area contributed by atoms with Crippen LogP contribution in [-0.2, 0) is 16.1 Å². The zero-order valence-electron chi connectivity index (χ0n) is 14.7. The summed E-state index contributed by atoms with van der Waals surface area (Å²) < 4.78 is 10.3. The molecule has 2 aromatic carbocycles.